The number of carbonyl (C=O) groups excluding carboxylic acids is 2. The Hall–Kier alpha value is -3.00. The van der Waals surface area contributed by atoms with Crippen molar-refractivity contribution < 1.29 is 24.2 Å². The molecule has 34 heavy (non-hydrogen) atoms. The minimum atomic E-state index is -1.07. The Kier molecular flexibility index (Phi) is 7.77. The summed E-state index contributed by atoms with van der Waals surface area (Å²) in [4.78, 5) is 37.2. The molecule has 2 unspecified atom stereocenters. The molecule has 7 nitrogen and oxygen atoms in total. The minimum Gasteiger partial charge on any atom is -0.480 e. The second-order valence-corrected chi connectivity index (χ2v) is 9.81. The number of carbonyl (C=O) groups is 3. The Morgan fingerprint density at radius 2 is 1.65 bits per heavy atom. The highest BCUT2D eigenvalue weighted by molar-refractivity contribution is 7.98. The summed E-state index contributed by atoms with van der Waals surface area (Å²) < 4.78 is 5.61. The van der Waals surface area contributed by atoms with Crippen LogP contribution in [-0.4, -0.2) is 53.8 Å². The molecular weight excluding hydrogens is 452 g/mol. The van der Waals surface area contributed by atoms with Gasteiger partial charge in [0.15, 0.2) is 0 Å². The van der Waals surface area contributed by atoms with Gasteiger partial charge < -0.3 is 20.5 Å². The number of hydrogen-bond donors (Lipinski definition) is 3. The molecule has 1 saturated carbocycles. The molecule has 0 aliphatic heterocycles. The molecule has 3 N–H and O–H groups in total. The summed E-state index contributed by atoms with van der Waals surface area (Å²) in [5.74, 6) is -1.01. The van der Waals surface area contributed by atoms with E-state index in [0.29, 0.717) is 12.2 Å². The van der Waals surface area contributed by atoms with E-state index in [-0.39, 0.29) is 18.4 Å². The van der Waals surface area contributed by atoms with E-state index in [0.717, 1.165) is 41.5 Å². The van der Waals surface area contributed by atoms with E-state index < -0.39 is 30.1 Å². The number of nitrogens with one attached hydrogen (secondary N) is 2. The van der Waals surface area contributed by atoms with Gasteiger partial charge in [-0.2, -0.15) is 11.8 Å². The highest BCUT2D eigenvalue weighted by atomic mass is 32.2. The number of carboxylic acid groups (broad SMARTS) is 1. The predicted molar refractivity (Wildman–Crippen MR) is 132 cm³/mol. The summed E-state index contributed by atoms with van der Waals surface area (Å²) in [6.45, 7) is 0.157. The third-order valence-electron chi connectivity index (χ3n) is 6.75. The summed E-state index contributed by atoms with van der Waals surface area (Å²) >= 11 is 1.52. The van der Waals surface area contributed by atoms with Crippen molar-refractivity contribution in [2.24, 2.45) is 5.92 Å². The van der Waals surface area contributed by atoms with Crippen LogP contribution in [0.2, 0.25) is 0 Å². The zero-order valence-corrected chi connectivity index (χ0v) is 20.0. The van der Waals surface area contributed by atoms with Crippen LogP contribution in [0.5, 0.6) is 0 Å². The van der Waals surface area contributed by atoms with E-state index in [9.17, 15) is 19.5 Å². The number of amides is 2. The Labute approximate surface area is 203 Å². The third-order valence-corrected chi connectivity index (χ3v) is 7.39. The fraction of sp³-hybridized carbons (Fsp3) is 0.423. The molecule has 0 spiro atoms. The normalized spacial score (nSPS) is 16.5. The maximum Gasteiger partial charge on any atom is 0.407 e. The molecular formula is C26H30N2O5S. The summed E-state index contributed by atoms with van der Waals surface area (Å²) in [6.07, 6.45) is 4.15. The van der Waals surface area contributed by atoms with Crippen LogP contribution in [0.4, 0.5) is 4.79 Å². The maximum absolute atomic E-state index is 12.9. The maximum atomic E-state index is 12.9. The molecule has 2 aromatic carbocycles. The summed E-state index contributed by atoms with van der Waals surface area (Å²) in [5.41, 5.74) is 4.51. The number of rotatable bonds is 10. The van der Waals surface area contributed by atoms with Crippen molar-refractivity contribution in [3.63, 3.8) is 0 Å². The quantitative estimate of drug-likeness (QED) is 0.473. The lowest BCUT2D eigenvalue weighted by molar-refractivity contribution is -0.142. The van der Waals surface area contributed by atoms with Gasteiger partial charge in [-0.1, -0.05) is 55.0 Å². The first-order valence-electron chi connectivity index (χ1n) is 11.6. The summed E-state index contributed by atoms with van der Waals surface area (Å²) in [6, 6.07) is 14.4. The molecule has 2 amide bonds. The lowest BCUT2D eigenvalue weighted by Gasteiger charge is -2.33. The molecule has 2 atom stereocenters. The average Bonchev–Trinajstić information content (AvgIpc) is 3.12. The number of hydrogen-bond acceptors (Lipinski definition) is 5. The molecule has 4 rings (SSSR count). The van der Waals surface area contributed by atoms with Gasteiger partial charge in [-0.15, -0.1) is 0 Å². The first-order chi connectivity index (χ1) is 16.5. The van der Waals surface area contributed by atoms with Gasteiger partial charge in [-0.25, -0.2) is 9.59 Å². The van der Waals surface area contributed by atoms with Gasteiger partial charge in [0, 0.05) is 5.92 Å². The number of ether oxygens (including phenoxy) is 1. The Morgan fingerprint density at radius 1 is 1.03 bits per heavy atom. The molecule has 180 valence electrons. The Balaban J connectivity index is 1.40. The van der Waals surface area contributed by atoms with Gasteiger partial charge in [-0.3, -0.25) is 4.79 Å². The average molecular weight is 483 g/mol. The molecule has 2 aromatic rings. The van der Waals surface area contributed by atoms with Crippen LogP contribution in [0.15, 0.2) is 48.5 Å². The molecule has 8 heteroatoms. The van der Waals surface area contributed by atoms with Crippen molar-refractivity contribution in [2.45, 2.75) is 43.7 Å². The zero-order valence-electron chi connectivity index (χ0n) is 19.2. The molecule has 0 radical (unpaired) electrons. The molecule has 0 bridgehead atoms. The smallest absolute Gasteiger partial charge is 0.407 e. The Morgan fingerprint density at radius 3 is 2.18 bits per heavy atom. The number of fused-ring (bicyclic) bond motifs is 3. The third kappa shape index (κ3) is 5.22. The lowest BCUT2D eigenvalue weighted by atomic mass is 9.79. The first-order valence-corrected chi connectivity index (χ1v) is 13.0. The van der Waals surface area contributed by atoms with Gasteiger partial charge >= 0.3 is 12.1 Å². The minimum absolute atomic E-state index is 0.0181. The van der Waals surface area contributed by atoms with E-state index in [4.69, 9.17) is 4.74 Å². The van der Waals surface area contributed by atoms with Crippen LogP contribution in [0.1, 0.15) is 42.7 Å². The molecule has 0 heterocycles. The standard InChI is InChI=1S/C26H30N2O5S/c1-34-14-13-22(25(30)31)27-24(29)23(16-7-6-8-16)28-26(32)33-15-21-19-11-4-2-9-17(19)18-10-3-5-12-20(18)21/h2-5,9-12,16,21-23H,6-8,13-15H2,1H3,(H,27,29)(H,28,32)(H,30,31). The number of carboxylic acids is 1. The van der Waals surface area contributed by atoms with Crippen LogP contribution in [0.3, 0.4) is 0 Å². The van der Waals surface area contributed by atoms with Gasteiger partial charge in [0.25, 0.3) is 0 Å². The van der Waals surface area contributed by atoms with E-state index >= 15 is 0 Å². The summed E-state index contributed by atoms with van der Waals surface area (Å²) in [5, 5.41) is 14.8. The van der Waals surface area contributed by atoms with Gasteiger partial charge in [-0.05, 0) is 59.4 Å². The van der Waals surface area contributed by atoms with E-state index in [1.165, 1.54) is 11.8 Å². The molecule has 0 aromatic heterocycles. The molecule has 2 aliphatic carbocycles. The second-order valence-electron chi connectivity index (χ2n) is 8.82. The predicted octanol–water partition coefficient (Wildman–Crippen LogP) is 4.02. The van der Waals surface area contributed by atoms with Crippen LogP contribution in [0.25, 0.3) is 11.1 Å². The topological polar surface area (TPSA) is 105 Å². The lowest BCUT2D eigenvalue weighted by Crippen LogP contribution is -2.56. The van der Waals surface area contributed by atoms with Crippen molar-refractivity contribution in [1.82, 2.24) is 10.6 Å². The number of benzene rings is 2. The van der Waals surface area contributed by atoms with E-state index in [1.54, 1.807) is 0 Å². The van der Waals surface area contributed by atoms with Gasteiger partial charge in [0.05, 0.1) is 0 Å². The largest absolute Gasteiger partial charge is 0.480 e. The Bertz CT molecular complexity index is 1010. The van der Waals surface area contributed by atoms with E-state index in [1.807, 2.05) is 42.7 Å². The van der Waals surface area contributed by atoms with Crippen molar-refractivity contribution in [1.29, 1.82) is 0 Å². The van der Waals surface area contributed by atoms with Gasteiger partial charge in [0.1, 0.15) is 18.7 Å². The molecule has 0 saturated heterocycles. The molecule has 1 fully saturated rings. The van der Waals surface area contributed by atoms with Crippen molar-refractivity contribution in [2.75, 3.05) is 18.6 Å². The summed E-state index contributed by atoms with van der Waals surface area (Å²) in [7, 11) is 0. The van der Waals surface area contributed by atoms with Crippen molar-refractivity contribution in [3.8, 4) is 11.1 Å². The SMILES string of the molecule is CSCCC(NC(=O)C(NC(=O)OCC1c2ccccc2-c2ccccc21)C1CCC1)C(=O)O. The fourth-order valence-corrected chi connectivity index (χ4v) is 5.16. The van der Waals surface area contributed by atoms with E-state index in [2.05, 4.69) is 22.8 Å². The van der Waals surface area contributed by atoms with Crippen LogP contribution >= 0.6 is 11.8 Å². The van der Waals surface area contributed by atoms with Crippen LogP contribution < -0.4 is 10.6 Å². The fourth-order valence-electron chi connectivity index (χ4n) is 4.69. The van der Waals surface area contributed by atoms with Gasteiger partial charge in [0.2, 0.25) is 5.91 Å². The van der Waals surface area contributed by atoms with Crippen LogP contribution in [0, 0.1) is 5.92 Å². The van der Waals surface area contributed by atoms with Crippen molar-refractivity contribution >= 4 is 29.7 Å². The monoisotopic (exact) mass is 482 g/mol. The zero-order chi connectivity index (χ0) is 24.1. The first kappa shape index (κ1) is 24.1. The number of alkyl carbamates (subject to hydrolysis) is 1. The van der Waals surface area contributed by atoms with Crippen LogP contribution in [-0.2, 0) is 14.3 Å². The second kappa shape index (κ2) is 11.0. The van der Waals surface area contributed by atoms with Crippen molar-refractivity contribution in [3.05, 3.63) is 59.7 Å². The highest BCUT2D eigenvalue weighted by Crippen LogP contribution is 2.44. The highest BCUT2D eigenvalue weighted by Gasteiger charge is 2.36. The number of aliphatic carboxylic acids is 1. The number of thioether (sulfide) groups is 1. The molecule has 2 aliphatic rings.